The molecule has 2 rings (SSSR count). The first-order chi connectivity index (χ1) is 16.1. The van der Waals surface area contributed by atoms with E-state index in [1.807, 2.05) is 32.9 Å². The molecule has 2 aromatic carbocycles. The number of amides is 1. The van der Waals surface area contributed by atoms with Crippen LogP contribution in [0, 0.1) is 19.3 Å². The molecule has 2 aromatic rings. The summed E-state index contributed by atoms with van der Waals surface area (Å²) < 4.78 is 16.4. The SMILES string of the molecule is COc1cc(CC(=O)NC(C)COC(=O)C(C)(C)Cc2ccc(C)c(C)c2)ccc1OCCN. The van der Waals surface area contributed by atoms with Crippen LogP contribution in [0.5, 0.6) is 11.5 Å². The fourth-order valence-corrected chi connectivity index (χ4v) is 3.56. The fraction of sp³-hybridized carbons (Fsp3) is 0.481. The summed E-state index contributed by atoms with van der Waals surface area (Å²) in [5.41, 5.74) is 9.11. The van der Waals surface area contributed by atoms with E-state index in [9.17, 15) is 9.59 Å². The van der Waals surface area contributed by atoms with Crippen LogP contribution in [0.25, 0.3) is 0 Å². The first kappa shape index (κ1) is 27.2. The van der Waals surface area contributed by atoms with Crippen molar-refractivity contribution in [2.45, 2.75) is 53.5 Å². The van der Waals surface area contributed by atoms with Gasteiger partial charge in [0.2, 0.25) is 5.91 Å². The predicted octanol–water partition coefficient (Wildman–Crippen LogP) is 3.51. The van der Waals surface area contributed by atoms with E-state index in [0.29, 0.717) is 31.1 Å². The zero-order valence-electron chi connectivity index (χ0n) is 21.2. The number of carbonyl (C=O) groups excluding carboxylic acids is 2. The van der Waals surface area contributed by atoms with Crippen LogP contribution in [0.3, 0.4) is 0 Å². The van der Waals surface area contributed by atoms with Crippen LogP contribution in [-0.4, -0.2) is 44.8 Å². The van der Waals surface area contributed by atoms with Crippen LogP contribution < -0.4 is 20.5 Å². The lowest BCUT2D eigenvalue weighted by Gasteiger charge is -2.24. The molecule has 0 bridgehead atoms. The van der Waals surface area contributed by atoms with Crippen molar-refractivity contribution >= 4 is 11.9 Å². The molecule has 0 radical (unpaired) electrons. The van der Waals surface area contributed by atoms with Crippen molar-refractivity contribution in [2.24, 2.45) is 11.1 Å². The Balaban J connectivity index is 1.85. The van der Waals surface area contributed by atoms with Crippen LogP contribution >= 0.6 is 0 Å². The molecule has 7 nitrogen and oxygen atoms in total. The van der Waals surface area contributed by atoms with Crippen molar-refractivity contribution < 1.29 is 23.8 Å². The van der Waals surface area contributed by atoms with Crippen LogP contribution in [0.2, 0.25) is 0 Å². The summed E-state index contributed by atoms with van der Waals surface area (Å²) in [7, 11) is 1.55. The van der Waals surface area contributed by atoms with Crippen molar-refractivity contribution in [3.05, 3.63) is 58.7 Å². The molecular weight excluding hydrogens is 432 g/mol. The van der Waals surface area contributed by atoms with Gasteiger partial charge in [0.05, 0.1) is 25.0 Å². The number of esters is 1. The Labute approximate surface area is 203 Å². The normalized spacial score (nSPS) is 12.1. The van der Waals surface area contributed by atoms with Crippen LogP contribution in [0.15, 0.2) is 36.4 Å². The number of methoxy groups -OCH3 is 1. The van der Waals surface area contributed by atoms with Gasteiger partial charge in [0.1, 0.15) is 13.2 Å². The molecule has 1 unspecified atom stereocenters. The van der Waals surface area contributed by atoms with E-state index in [1.54, 1.807) is 19.2 Å². The van der Waals surface area contributed by atoms with Gasteiger partial charge in [-0.05, 0) is 75.4 Å². The third-order valence-electron chi connectivity index (χ3n) is 5.61. The largest absolute Gasteiger partial charge is 0.493 e. The van der Waals surface area contributed by atoms with Gasteiger partial charge in [-0.3, -0.25) is 9.59 Å². The minimum Gasteiger partial charge on any atom is -0.493 e. The predicted molar refractivity (Wildman–Crippen MR) is 133 cm³/mol. The smallest absolute Gasteiger partial charge is 0.311 e. The maximum Gasteiger partial charge on any atom is 0.311 e. The average molecular weight is 471 g/mol. The Morgan fingerprint density at radius 3 is 2.38 bits per heavy atom. The van der Waals surface area contributed by atoms with Gasteiger partial charge >= 0.3 is 5.97 Å². The Bertz CT molecular complexity index is 987. The van der Waals surface area contributed by atoms with E-state index in [-0.39, 0.29) is 30.9 Å². The highest BCUT2D eigenvalue weighted by molar-refractivity contribution is 5.79. The van der Waals surface area contributed by atoms with E-state index >= 15 is 0 Å². The van der Waals surface area contributed by atoms with Crippen molar-refractivity contribution in [1.29, 1.82) is 0 Å². The number of ether oxygens (including phenoxy) is 3. The van der Waals surface area contributed by atoms with Gasteiger partial charge in [0.25, 0.3) is 0 Å². The molecule has 0 aliphatic carbocycles. The topological polar surface area (TPSA) is 99.9 Å². The molecule has 7 heteroatoms. The Hall–Kier alpha value is -3.06. The number of rotatable bonds is 12. The maximum atomic E-state index is 12.7. The van der Waals surface area contributed by atoms with Crippen molar-refractivity contribution in [3.63, 3.8) is 0 Å². The molecule has 3 N–H and O–H groups in total. The van der Waals surface area contributed by atoms with Gasteiger partial charge in [-0.1, -0.05) is 24.3 Å². The number of hydrogen-bond acceptors (Lipinski definition) is 6. The van der Waals surface area contributed by atoms with Crippen LogP contribution in [0.1, 0.15) is 43.0 Å². The molecule has 1 amide bonds. The number of carbonyl (C=O) groups is 2. The molecule has 0 fully saturated rings. The summed E-state index contributed by atoms with van der Waals surface area (Å²) in [6.07, 6.45) is 0.755. The molecule has 0 aliphatic rings. The molecule has 0 heterocycles. The number of hydrogen-bond donors (Lipinski definition) is 2. The van der Waals surface area contributed by atoms with E-state index in [4.69, 9.17) is 19.9 Å². The molecule has 34 heavy (non-hydrogen) atoms. The molecular formula is C27H38N2O5. The molecule has 186 valence electrons. The zero-order chi connectivity index (χ0) is 25.3. The number of benzene rings is 2. The van der Waals surface area contributed by atoms with Crippen LogP contribution in [-0.2, 0) is 27.2 Å². The van der Waals surface area contributed by atoms with Gasteiger partial charge < -0.3 is 25.3 Å². The molecule has 0 spiro atoms. The van der Waals surface area contributed by atoms with Gasteiger partial charge in [-0.2, -0.15) is 0 Å². The monoisotopic (exact) mass is 470 g/mol. The number of nitrogens with one attached hydrogen (secondary N) is 1. The number of aryl methyl sites for hydroxylation is 2. The molecule has 0 aliphatic heterocycles. The second-order valence-corrected chi connectivity index (χ2v) is 9.35. The number of nitrogens with two attached hydrogens (primary N) is 1. The second-order valence-electron chi connectivity index (χ2n) is 9.35. The summed E-state index contributed by atoms with van der Waals surface area (Å²) >= 11 is 0. The lowest BCUT2D eigenvalue weighted by molar-refractivity contribution is -0.155. The lowest BCUT2D eigenvalue weighted by atomic mass is 9.85. The Morgan fingerprint density at radius 2 is 1.74 bits per heavy atom. The fourth-order valence-electron chi connectivity index (χ4n) is 3.56. The van der Waals surface area contributed by atoms with E-state index < -0.39 is 5.41 Å². The van der Waals surface area contributed by atoms with Gasteiger partial charge in [0.15, 0.2) is 11.5 Å². The van der Waals surface area contributed by atoms with Crippen LogP contribution in [0.4, 0.5) is 0 Å². The second kappa shape index (κ2) is 12.4. The first-order valence-corrected chi connectivity index (χ1v) is 11.6. The summed E-state index contributed by atoms with van der Waals surface area (Å²) in [6.45, 7) is 10.6. The van der Waals surface area contributed by atoms with Gasteiger partial charge in [-0.15, -0.1) is 0 Å². The van der Waals surface area contributed by atoms with E-state index in [2.05, 4.69) is 31.3 Å². The highest BCUT2D eigenvalue weighted by Gasteiger charge is 2.30. The lowest BCUT2D eigenvalue weighted by Crippen LogP contribution is -2.39. The molecule has 0 saturated carbocycles. The summed E-state index contributed by atoms with van der Waals surface area (Å²) in [6, 6.07) is 11.3. The summed E-state index contributed by atoms with van der Waals surface area (Å²) in [4.78, 5) is 25.2. The Morgan fingerprint density at radius 1 is 1.03 bits per heavy atom. The maximum absolute atomic E-state index is 12.7. The summed E-state index contributed by atoms with van der Waals surface area (Å²) in [5.74, 6) is 0.674. The highest BCUT2D eigenvalue weighted by atomic mass is 16.5. The third-order valence-corrected chi connectivity index (χ3v) is 5.61. The van der Waals surface area contributed by atoms with Crippen molar-refractivity contribution in [1.82, 2.24) is 5.32 Å². The standard InChI is InChI=1S/C27H38N2O5/c1-18-7-8-22(13-19(18)2)16-27(4,5)26(31)34-17-20(3)29-25(30)15-21-9-10-23(33-12-11-28)24(14-21)32-6/h7-10,13-14,20H,11-12,15-17,28H2,1-6H3,(H,29,30). The zero-order valence-corrected chi connectivity index (χ0v) is 21.2. The quantitative estimate of drug-likeness (QED) is 0.461. The van der Waals surface area contributed by atoms with Crippen molar-refractivity contribution in [2.75, 3.05) is 26.9 Å². The van der Waals surface area contributed by atoms with Gasteiger partial charge in [0, 0.05) is 6.54 Å². The average Bonchev–Trinajstić information content (AvgIpc) is 2.78. The highest BCUT2D eigenvalue weighted by Crippen LogP contribution is 2.28. The van der Waals surface area contributed by atoms with Crippen molar-refractivity contribution in [3.8, 4) is 11.5 Å². The van der Waals surface area contributed by atoms with Gasteiger partial charge in [-0.25, -0.2) is 0 Å². The molecule has 0 aromatic heterocycles. The minimum atomic E-state index is -0.671. The minimum absolute atomic E-state index is 0.107. The summed E-state index contributed by atoms with van der Waals surface area (Å²) in [5, 5.41) is 2.88. The van der Waals surface area contributed by atoms with E-state index in [1.165, 1.54) is 11.1 Å². The molecule has 1 atom stereocenters. The third kappa shape index (κ3) is 8.06. The first-order valence-electron chi connectivity index (χ1n) is 11.6. The Kier molecular flexibility index (Phi) is 9.93. The van der Waals surface area contributed by atoms with E-state index in [0.717, 1.165) is 11.1 Å². The molecule has 0 saturated heterocycles.